The van der Waals surface area contributed by atoms with Gasteiger partial charge in [-0.05, 0) is 0 Å². The molecule has 4 heavy (non-hydrogen) atoms. The zero-order valence-electron chi connectivity index (χ0n) is 2.02. The van der Waals surface area contributed by atoms with Crippen LogP contribution in [0.25, 0.3) is 0 Å². The topological polar surface area (TPSA) is 30.5 Å². The van der Waals surface area contributed by atoms with E-state index in [0.717, 1.165) is 0 Å². The van der Waals surface area contributed by atoms with E-state index in [1.54, 1.807) is 0 Å². The predicted molar refractivity (Wildman–Crippen MR) is 13.6 cm³/mol. The summed E-state index contributed by atoms with van der Waals surface area (Å²) in [5.74, 6) is 0. The Labute approximate surface area is 56.2 Å². The van der Waals surface area contributed by atoms with E-state index in [1.807, 2.05) is 0 Å². The zero-order chi connectivity index (χ0) is 0. The van der Waals surface area contributed by atoms with Crippen LogP contribution in [0.1, 0.15) is 0 Å². The Morgan fingerprint density at radius 3 is 1.00 bits per heavy atom. The van der Waals surface area contributed by atoms with Crippen LogP contribution in [-0.4, -0.2) is 28.3 Å². The third kappa shape index (κ3) is 9.92. The van der Waals surface area contributed by atoms with Crippen LogP contribution < -0.4 is 6.15 Å². The van der Waals surface area contributed by atoms with E-state index in [1.165, 1.54) is 0 Å². The Morgan fingerprint density at radius 2 is 1.00 bits per heavy atom. The second kappa shape index (κ2) is 25.6. The molecule has 0 unspecified atom stereocenters. The first-order valence-corrected chi connectivity index (χ1v) is 0. The van der Waals surface area contributed by atoms with Crippen LogP contribution in [0.5, 0.6) is 0 Å². The first kappa shape index (κ1) is 52.4. The van der Waals surface area contributed by atoms with Crippen LogP contribution in [0.4, 0.5) is 0 Å². The monoisotopic (exact) mass is 117 g/mol. The van der Waals surface area contributed by atoms with Gasteiger partial charge in [-0.15, -0.1) is 0 Å². The summed E-state index contributed by atoms with van der Waals surface area (Å²) in [7, 11) is 0. The van der Waals surface area contributed by atoms with Gasteiger partial charge in [-0.3, -0.25) is 0 Å². The summed E-state index contributed by atoms with van der Waals surface area (Å²) >= 11 is 0. The van der Waals surface area contributed by atoms with Crippen molar-refractivity contribution in [2.45, 2.75) is 0 Å². The summed E-state index contributed by atoms with van der Waals surface area (Å²) in [6.07, 6.45) is 0. The molecule has 0 aliphatic carbocycles. The molecule has 0 aliphatic rings. The smallest absolute Gasteiger partial charge is 0 e. The predicted octanol–water partition coefficient (Wildman–Crippen LogP) is -1.24. The quantitative estimate of drug-likeness (QED) is 0.355. The van der Waals surface area contributed by atoms with E-state index in [-0.39, 0.29) is 56.2 Å². The largest absolute Gasteiger partial charge is 0 e. The van der Waals surface area contributed by atoms with Gasteiger partial charge in [-0.1, -0.05) is 0 Å². The van der Waals surface area contributed by atoms with Crippen LogP contribution in [-0.2, 0) is 21.7 Å². The number of rotatable bonds is 0. The average molecular weight is 117 g/mol. The van der Waals surface area contributed by atoms with Crippen molar-refractivity contribution < 1.29 is 21.7 Å². The molecule has 0 rings (SSSR count). The minimum Gasteiger partial charge on any atom is 0 e. The summed E-state index contributed by atoms with van der Waals surface area (Å²) in [5.41, 5.74) is 0. The fourth-order valence-electron chi connectivity index (χ4n) is 0. The molecule has 0 aliphatic heterocycles. The minimum absolute atomic E-state index is 0. The number of hydrogen-bond acceptors (Lipinski definition) is 0. The zero-order valence-corrected chi connectivity index (χ0v) is 5.74. The van der Waals surface area contributed by atoms with Gasteiger partial charge in [0.1, 0.15) is 0 Å². The van der Waals surface area contributed by atoms with Crippen molar-refractivity contribution in [2.24, 2.45) is 0 Å². The molecule has 4 heteroatoms. The summed E-state index contributed by atoms with van der Waals surface area (Å²) in [4.78, 5) is 0. The van der Waals surface area contributed by atoms with Crippen molar-refractivity contribution in [3.05, 3.63) is 0 Å². The minimum atomic E-state index is 0. The van der Waals surface area contributed by atoms with Crippen molar-refractivity contribution in [1.29, 1.82) is 0 Å². The molecular formula is AlNSiTi. The van der Waals surface area contributed by atoms with Crippen molar-refractivity contribution in [3.63, 3.8) is 0 Å². The van der Waals surface area contributed by atoms with Gasteiger partial charge in [0, 0.05) is 56.2 Å². The van der Waals surface area contributed by atoms with Crippen LogP contribution in [0.2, 0.25) is 0 Å². The molecule has 0 bridgehead atoms. The normalized spacial score (nSPS) is 0. The molecule has 0 atom stereocenters. The first-order valence-electron chi connectivity index (χ1n) is 0. The fourth-order valence-corrected chi connectivity index (χ4v) is 0. The Morgan fingerprint density at radius 1 is 1.00 bits per heavy atom. The maximum atomic E-state index is 0. The molecule has 0 spiro atoms. The fraction of sp³-hybridized carbons (Fsp3) is 0. The molecule has 0 heterocycles. The second-order valence-corrected chi connectivity index (χ2v) is 0. The van der Waals surface area contributed by atoms with Crippen LogP contribution >= 0.6 is 0 Å². The Balaban J connectivity index is 0. The molecule has 0 N–H and O–H groups in total. The van der Waals surface area contributed by atoms with E-state index in [4.69, 9.17) is 0 Å². The standard InChI is InChI=1S/Al.N.Si.Ti. The Bertz CT molecular complexity index is 8.00. The van der Waals surface area contributed by atoms with Gasteiger partial charge in [-0.2, -0.15) is 0 Å². The van der Waals surface area contributed by atoms with Crippen molar-refractivity contribution >= 4 is 28.3 Å². The van der Waals surface area contributed by atoms with Crippen molar-refractivity contribution in [1.82, 2.24) is 6.15 Å². The first-order chi connectivity index (χ1) is 0. The summed E-state index contributed by atoms with van der Waals surface area (Å²) in [6.45, 7) is 0. The molecule has 0 saturated carbocycles. The third-order valence-electron chi connectivity index (χ3n) is 0. The Hall–Kier alpha value is 1.42. The molecule has 0 aromatic carbocycles. The van der Waals surface area contributed by atoms with Gasteiger partial charge >= 0.3 is 0 Å². The van der Waals surface area contributed by atoms with E-state index in [9.17, 15) is 0 Å². The van der Waals surface area contributed by atoms with E-state index in [0.29, 0.717) is 0 Å². The van der Waals surface area contributed by atoms with Crippen LogP contribution in [0.15, 0.2) is 0 Å². The van der Waals surface area contributed by atoms with E-state index >= 15 is 0 Å². The summed E-state index contributed by atoms with van der Waals surface area (Å²) in [6, 6.07) is 0. The van der Waals surface area contributed by atoms with Gasteiger partial charge in [-0.25, -0.2) is 0 Å². The van der Waals surface area contributed by atoms with Crippen LogP contribution in [0, 0.1) is 0 Å². The molecule has 0 fully saturated rings. The van der Waals surface area contributed by atoms with Gasteiger partial charge in [0.25, 0.3) is 0 Å². The molecule has 0 aromatic rings. The SMILES string of the molecule is [Al].[N].[Si].[Ti]. The molecular weight excluding hydrogens is 117 g/mol. The van der Waals surface area contributed by atoms with Crippen molar-refractivity contribution in [3.8, 4) is 0 Å². The van der Waals surface area contributed by atoms with Gasteiger partial charge in [0.15, 0.2) is 0 Å². The molecule has 0 amide bonds. The van der Waals surface area contributed by atoms with Crippen molar-refractivity contribution in [2.75, 3.05) is 0 Å². The number of nitrogens with zero attached hydrogens (tertiary/aromatic N) is 1. The van der Waals surface area contributed by atoms with Gasteiger partial charge in [0.2, 0.25) is 0 Å². The molecule has 0 aromatic heterocycles. The Kier molecular flexibility index (Phi) is 335. The maximum Gasteiger partial charge on any atom is 0 e. The van der Waals surface area contributed by atoms with E-state index < -0.39 is 0 Å². The number of hydrogen-bond donors (Lipinski definition) is 0. The molecule has 10 radical (unpaired) electrons. The maximum absolute atomic E-state index is 0. The third-order valence-corrected chi connectivity index (χ3v) is 0. The van der Waals surface area contributed by atoms with Crippen LogP contribution in [0.3, 0.4) is 0 Å². The molecule has 1 nitrogen and oxygen atoms in total. The molecule has 0 saturated heterocycles. The molecule has 16 valence electrons. The summed E-state index contributed by atoms with van der Waals surface area (Å²) in [5, 5.41) is 0. The summed E-state index contributed by atoms with van der Waals surface area (Å²) < 4.78 is 0. The van der Waals surface area contributed by atoms with Gasteiger partial charge in [0.05, 0.1) is 0 Å². The van der Waals surface area contributed by atoms with Gasteiger partial charge < -0.3 is 0 Å². The second-order valence-electron chi connectivity index (χ2n) is 0. The van der Waals surface area contributed by atoms with E-state index in [2.05, 4.69) is 0 Å². The average Bonchev–Trinajstić information content (AvgIpc) is 0.